The number of halogens is 1. The van der Waals surface area contributed by atoms with Gasteiger partial charge in [0.25, 0.3) is 0 Å². The van der Waals surface area contributed by atoms with Crippen molar-refractivity contribution < 1.29 is 23.9 Å². The molecule has 0 spiro atoms. The molecule has 3 rings (SSSR count). The number of carbonyl (C=O) groups is 3. The molecule has 1 saturated carbocycles. The van der Waals surface area contributed by atoms with Crippen LogP contribution in [0.5, 0.6) is 0 Å². The topological polar surface area (TPSA) is 86.7 Å². The summed E-state index contributed by atoms with van der Waals surface area (Å²) in [6, 6.07) is 4.55. The van der Waals surface area contributed by atoms with Gasteiger partial charge in [-0.2, -0.15) is 0 Å². The molecule has 2 aliphatic rings. The molecule has 122 valence electrons. The van der Waals surface area contributed by atoms with Gasteiger partial charge in [-0.3, -0.25) is 9.59 Å². The largest absolute Gasteiger partial charge is 0.480 e. The first kappa shape index (κ1) is 15.5. The first-order valence-electron chi connectivity index (χ1n) is 7.44. The molecule has 0 bridgehead atoms. The van der Waals surface area contributed by atoms with Crippen LogP contribution < -0.4 is 10.2 Å². The maximum Gasteiger partial charge on any atom is 0.329 e. The van der Waals surface area contributed by atoms with Gasteiger partial charge in [0.1, 0.15) is 11.4 Å². The van der Waals surface area contributed by atoms with Gasteiger partial charge in [-0.05, 0) is 37.5 Å². The summed E-state index contributed by atoms with van der Waals surface area (Å²) in [5.74, 6) is -3.04. The fourth-order valence-electron chi connectivity index (χ4n) is 2.80. The van der Waals surface area contributed by atoms with Crippen molar-refractivity contribution in [3.8, 4) is 0 Å². The summed E-state index contributed by atoms with van der Waals surface area (Å²) < 4.78 is 14.0. The minimum Gasteiger partial charge on any atom is -0.480 e. The summed E-state index contributed by atoms with van der Waals surface area (Å²) in [6.45, 7) is 1.80. The zero-order valence-electron chi connectivity index (χ0n) is 12.6. The van der Waals surface area contributed by atoms with Crippen LogP contribution in [0.4, 0.5) is 10.1 Å². The lowest BCUT2D eigenvalue weighted by atomic mass is 10.1. The van der Waals surface area contributed by atoms with Gasteiger partial charge in [0, 0.05) is 13.0 Å². The van der Waals surface area contributed by atoms with Crippen molar-refractivity contribution in [2.75, 3.05) is 11.4 Å². The van der Waals surface area contributed by atoms with Crippen LogP contribution in [0.3, 0.4) is 0 Å². The maximum atomic E-state index is 14.0. The average Bonchev–Trinajstić information content (AvgIpc) is 3.15. The highest BCUT2D eigenvalue weighted by atomic mass is 19.1. The lowest BCUT2D eigenvalue weighted by Crippen LogP contribution is -2.46. The monoisotopic (exact) mass is 320 g/mol. The quantitative estimate of drug-likeness (QED) is 0.873. The Morgan fingerprint density at radius 3 is 2.65 bits per heavy atom. The van der Waals surface area contributed by atoms with Gasteiger partial charge >= 0.3 is 5.97 Å². The summed E-state index contributed by atoms with van der Waals surface area (Å²) in [7, 11) is 0. The van der Waals surface area contributed by atoms with Crippen LogP contribution in [0.25, 0.3) is 0 Å². The molecule has 6 nitrogen and oxygen atoms in total. The molecular formula is C16H17FN2O4. The molecule has 1 aromatic carbocycles. The molecule has 7 heteroatoms. The number of rotatable bonds is 4. The highest BCUT2D eigenvalue weighted by Crippen LogP contribution is 2.36. The van der Waals surface area contributed by atoms with E-state index in [1.807, 2.05) is 0 Å². The summed E-state index contributed by atoms with van der Waals surface area (Å²) in [5.41, 5.74) is -0.289. The number of anilines is 1. The lowest BCUT2D eigenvalue weighted by molar-refractivity contribution is -0.143. The third kappa shape index (κ3) is 2.78. The molecule has 0 aromatic heterocycles. The van der Waals surface area contributed by atoms with Gasteiger partial charge in [0.05, 0.1) is 11.6 Å². The number of nitrogens with one attached hydrogen (secondary N) is 1. The number of benzene rings is 1. The van der Waals surface area contributed by atoms with E-state index in [0.29, 0.717) is 12.8 Å². The second-order valence-corrected chi connectivity index (χ2v) is 6.24. The molecule has 2 amide bonds. The number of nitrogens with zero attached hydrogens (tertiary/aromatic N) is 1. The van der Waals surface area contributed by atoms with E-state index in [2.05, 4.69) is 5.32 Å². The SMILES string of the molecule is Cc1ccc(N2CC(C(=O)NC3(C(=O)O)CC3)CC2=O)c(F)c1. The van der Waals surface area contributed by atoms with Crippen LogP contribution in [-0.4, -0.2) is 35.0 Å². The van der Waals surface area contributed by atoms with E-state index in [1.165, 1.54) is 17.0 Å². The number of aliphatic carboxylic acids is 1. The standard InChI is InChI=1S/C16H17FN2O4/c1-9-2-3-12(11(17)6-9)19-8-10(7-13(19)20)14(21)18-16(4-5-16)15(22)23/h2-3,6,10H,4-5,7-8H2,1H3,(H,18,21)(H,22,23). The number of aryl methyl sites for hydroxylation is 1. The third-order valence-corrected chi connectivity index (χ3v) is 4.41. The molecule has 2 N–H and O–H groups in total. The first-order valence-corrected chi connectivity index (χ1v) is 7.44. The Bertz CT molecular complexity index is 699. The molecule has 1 saturated heterocycles. The van der Waals surface area contributed by atoms with Gasteiger partial charge < -0.3 is 15.3 Å². The van der Waals surface area contributed by atoms with Crippen molar-refractivity contribution in [3.05, 3.63) is 29.6 Å². The Morgan fingerprint density at radius 2 is 2.09 bits per heavy atom. The van der Waals surface area contributed by atoms with Crippen LogP contribution in [0, 0.1) is 18.7 Å². The molecule has 1 aliphatic carbocycles. The second-order valence-electron chi connectivity index (χ2n) is 6.24. The number of hydrogen-bond donors (Lipinski definition) is 2. The van der Waals surface area contributed by atoms with Crippen LogP contribution in [0.15, 0.2) is 18.2 Å². The van der Waals surface area contributed by atoms with E-state index in [4.69, 9.17) is 5.11 Å². The van der Waals surface area contributed by atoms with Gasteiger partial charge in [0.15, 0.2) is 0 Å². The summed E-state index contributed by atoms with van der Waals surface area (Å²) >= 11 is 0. The van der Waals surface area contributed by atoms with E-state index in [-0.39, 0.29) is 24.6 Å². The molecule has 2 fully saturated rings. The van der Waals surface area contributed by atoms with Crippen molar-refractivity contribution in [3.63, 3.8) is 0 Å². The molecule has 1 aliphatic heterocycles. The summed E-state index contributed by atoms with van der Waals surface area (Å²) in [4.78, 5) is 36.7. The van der Waals surface area contributed by atoms with Crippen molar-refractivity contribution in [2.45, 2.75) is 31.7 Å². The van der Waals surface area contributed by atoms with Crippen LogP contribution in [-0.2, 0) is 14.4 Å². The Hall–Kier alpha value is -2.44. The van der Waals surface area contributed by atoms with Crippen LogP contribution >= 0.6 is 0 Å². The smallest absolute Gasteiger partial charge is 0.329 e. The van der Waals surface area contributed by atoms with E-state index in [0.717, 1.165) is 5.56 Å². The van der Waals surface area contributed by atoms with Crippen LogP contribution in [0.2, 0.25) is 0 Å². The zero-order valence-corrected chi connectivity index (χ0v) is 12.6. The van der Waals surface area contributed by atoms with E-state index >= 15 is 0 Å². The Labute approximate surface area is 132 Å². The Morgan fingerprint density at radius 1 is 1.39 bits per heavy atom. The van der Waals surface area contributed by atoms with Gasteiger partial charge in [-0.25, -0.2) is 9.18 Å². The molecule has 1 heterocycles. The summed E-state index contributed by atoms with van der Waals surface area (Å²) in [6.07, 6.45) is 0.741. The number of amides is 2. The predicted octanol–water partition coefficient (Wildman–Crippen LogP) is 1.22. The third-order valence-electron chi connectivity index (χ3n) is 4.41. The second kappa shape index (κ2) is 5.33. The Kier molecular flexibility index (Phi) is 3.58. The predicted molar refractivity (Wildman–Crippen MR) is 79.3 cm³/mol. The fraction of sp³-hybridized carbons (Fsp3) is 0.438. The number of hydrogen-bond acceptors (Lipinski definition) is 3. The van der Waals surface area contributed by atoms with Crippen LogP contribution in [0.1, 0.15) is 24.8 Å². The highest BCUT2D eigenvalue weighted by molar-refractivity contribution is 6.01. The lowest BCUT2D eigenvalue weighted by Gasteiger charge is -2.19. The van der Waals surface area contributed by atoms with E-state index in [9.17, 15) is 18.8 Å². The number of carbonyl (C=O) groups excluding carboxylic acids is 2. The van der Waals surface area contributed by atoms with Crippen molar-refractivity contribution in [2.24, 2.45) is 5.92 Å². The zero-order chi connectivity index (χ0) is 16.8. The number of carboxylic acid groups (broad SMARTS) is 1. The highest BCUT2D eigenvalue weighted by Gasteiger charge is 2.53. The van der Waals surface area contributed by atoms with Gasteiger partial charge in [-0.15, -0.1) is 0 Å². The molecule has 23 heavy (non-hydrogen) atoms. The van der Waals surface area contributed by atoms with Gasteiger partial charge in [0.2, 0.25) is 11.8 Å². The molecule has 0 radical (unpaired) electrons. The Balaban J connectivity index is 1.72. The average molecular weight is 320 g/mol. The molecule has 1 unspecified atom stereocenters. The van der Waals surface area contributed by atoms with Crippen molar-refractivity contribution in [1.29, 1.82) is 0 Å². The van der Waals surface area contributed by atoms with Crippen molar-refractivity contribution in [1.82, 2.24) is 5.32 Å². The van der Waals surface area contributed by atoms with E-state index < -0.39 is 29.2 Å². The molecule has 1 atom stereocenters. The van der Waals surface area contributed by atoms with Gasteiger partial charge in [-0.1, -0.05) is 6.07 Å². The normalized spacial score (nSPS) is 22.1. The van der Waals surface area contributed by atoms with Crippen molar-refractivity contribution >= 4 is 23.5 Å². The molecule has 1 aromatic rings. The maximum absolute atomic E-state index is 14.0. The molecular weight excluding hydrogens is 303 g/mol. The minimum absolute atomic E-state index is 0.0468. The number of carboxylic acids is 1. The minimum atomic E-state index is -1.18. The van der Waals surface area contributed by atoms with E-state index in [1.54, 1.807) is 13.0 Å². The summed E-state index contributed by atoms with van der Waals surface area (Å²) in [5, 5.41) is 11.6. The first-order chi connectivity index (χ1) is 10.8. The fourth-order valence-corrected chi connectivity index (χ4v) is 2.80.